The third-order valence-electron chi connectivity index (χ3n) is 3.01. The van der Waals surface area contributed by atoms with Crippen LogP contribution in [0.5, 0.6) is 0 Å². The quantitative estimate of drug-likeness (QED) is 0.473. The zero-order valence-electron chi connectivity index (χ0n) is 9.64. The maximum atomic E-state index is 11.8. The lowest BCUT2D eigenvalue weighted by molar-refractivity contribution is -0.129. The minimum atomic E-state index is -1.25. The minimum absolute atomic E-state index is 0.335. The molecule has 2 heterocycles. The first-order valence-electron chi connectivity index (χ1n) is 5.74. The zero-order chi connectivity index (χ0) is 13.1. The van der Waals surface area contributed by atoms with Gasteiger partial charge in [-0.15, -0.1) is 0 Å². The van der Waals surface area contributed by atoms with E-state index in [1.807, 2.05) is 0 Å². The summed E-state index contributed by atoms with van der Waals surface area (Å²) in [7, 11) is 0. The summed E-state index contributed by atoms with van der Waals surface area (Å²) in [4.78, 5) is 15.7. The summed E-state index contributed by atoms with van der Waals surface area (Å²) in [6.07, 6.45) is 1.06. The Morgan fingerprint density at radius 2 is 2.22 bits per heavy atom. The number of ether oxygens (including phenoxy) is 1. The van der Waals surface area contributed by atoms with Gasteiger partial charge >= 0.3 is 0 Å². The molecule has 0 aromatic heterocycles. The van der Waals surface area contributed by atoms with Gasteiger partial charge in [-0.2, -0.15) is 0 Å². The monoisotopic (exact) mass is 256 g/mol. The smallest absolute Gasteiger partial charge is 0.230 e. The topological polar surface area (TPSA) is 111 Å². The van der Waals surface area contributed by atoms with E-state index >= 15 is 0 Å². The molecule has 2 unspecified atom stereocenters. The lowest BCUT2D eigenvalue weighted by atomic mass is 10.0. The van der Waals surface area contributed by atoms with Crippen molar-refractivity contribution in [2.45, 2.75) is 31.0 Å². The predicted molar refractivity (Wildman–Crippen MR) is 61.6 cm³/mol. The molecule has 4 N–H and O–H groups in total. The molecule has 7 nitrogen and oxygen atoms in total. The number of nitrogens with zero attached hydrogens (tertiary/aromatic N) is 1. The summed E-state index contributed by atoms with van der Waals surface area (Å²) in [5, 5.41) is 30.6. The van der Waals surface area contributed by atoms with Crippen molar-refractivity contribution in [2.24, 2.45) is 10.9 Å². The van der Waals surface area contributed by atoms with Gasteiger partial charge in [0, 0.05) is 12.4 Å². The van der Waals surface area contributed by atoms with E-state index in [4.69, 9.17) is 9.84 Å². The van der Waals surface area contributed by atoms with E-state index in [9.17, 15) is 15.0 Å². The van der Waals surface area contributed by atoms with Gasteiger partial charge in [-0.1, -0.05) is 6.08 Å². The molecule has 2 rings (SSSR count). The molecule has 18 heavy (non-hydrogen) atoms. The normalized spacial score (nSPS) is 38.9. The zero-order valence-corrected chi connectivity index (χ0v) is 9.64. The minimum Gasteiger partial charge on any atom is -0.394 e. The molecule has 7 heteroatoms. The van der Waals surface area contributed by atoms with Gasteiger partial charge in [-0.05, 0) is 6.42 Å². The van der Waals surface area contributed by atoms with Gasteiger partial charge in [0.1, 0.15) is 18.3 Å². The average Bonchev–Trinajstić information content (AvgIpc) is 2.67. The van der Waals surface area contributed by atoms with Crippen molar-refractivity contribution < 1.29 is 24.9 Å². The van der Waals surface area contributed by atoms with E-state index < -0.39 is 37.1 Å². The largest absolute Gasteiger partial charge is 0.394 e. The lowest BCUT2D eigenvalue weighted by Crippen LogP contribution is -2.46. The van der Waals surface area contributed by atoms with Gasteiger partial charge in [0.2, 0.25) is 5.91 Å². The molecule has 0 spiro atoms. The molecule has 2 aliphatic rings. The van der Waals surface area contributed by atoms with E-state index in [0.717, 1.165) is 0 Å². The fourth-order valence-corrected chi connectivity index (χ4v) is 1.92. The molecule has 1 amide bonds. The molecule has 5 atom stereocenters. The number of aliphatic hydroxyl groups is 3. The summed E-state index contributed by atoms with van der Waals surface area (Å²) in [6.45, 7) is -0.418. The summed E-state index contributed by atoms with van der Waals surface area (Å²) >= 11 is 0. The molecular weight excluding hydrogens is 240 g/mol. The maximum absolute atomic E-state index is 11.8. The highest BCUT2D eigenvalue weighted by Gasteiger charge is 2.43. The van der Waals surface area contributed by atoms with Crippen molar-refractivity contribution >= 4 is 12.1 Å². The van der Waals surface area contributed by atoms with Gasteiger partial charge in [0.15, 0.2) is 6.23 Å². The van der Waals surface area contributed by atoms with Crippen LogP contribution >= 0.6 is 0 Å². The fourth-order valence-electron chi connectivity index (χ4n) is 1.92. The van der Waals surface area contributed by atoms with E-state index in [-0.39, 0.29) is 5.91 Å². The lowest BCUT2D eigenvalue weighted by Gasteiger charge is -2.19. The van der Waals surface area contributed by atoms with Crippen molar-refractivity contribution in [1.29, 1.82) is 0 Å². The van der Waals surface area contributed by atoms with Crippen LogP contribution in [-0.4, -0.2) is 58.6 Å². The van der Waals surface area contributed by atoms with Crippen molar-refractivity contribution in [1.82, 2.24) is 5.32 Å². The third-order valence-corrected chi connectivity index (χ3v) is 3.01. The summed E-state index contributed by atoms with van der Waals surface area (Å²) in [5.74, 6) is -0.742. The molecule has 0 radical (unpaired) electrons. The first kappa shape index (κ1) is 13.2. The van der Waals surface area contributed by atoms with Crippen LogP contribution in [0, 0.1) is 5.92 Å². The van der Waals surface area contributed by atoms with E-state index in [2.05, 4.69) is 10.3 Å². The van der Waals surface area contributed by atoms with Gasteiger partial charge in [-0.3, -0.25) is 9.79 Å². The van der Waals surface area contributed by atoms with Crippen LogP contribution in [0.25, 0.3) is 0 Å². The van der Waals surface area contributed by atoms with E-state index in [1.165, 1.54) is 6.21 Å². The molecule has 0 aromatic rings. The number of aliphatic imine (C=N–C) groups is 1. The second-order valence-electron chi connectivity index (χ2n) is 4.29. The Hall–Kier alpha value is -1.28. The molecule has 0 aliphatic carbocycles. The van der Waals surface area contributed by atoms with Gasteiger partial charge < -0.3 is 25.4 Å². The number of carbonyl (C=O) groups is 1. The molecule has 2 aliphatic heterocycles. The fraction of sp³-hybridized carbons (Fsp3) is 0.636. The Labute approximate surface area is 104 Å². The Morgan fingerprint density at radius 1 is 1.44 bits per heavy atom. The molecule has 0 saturated carbocycles. The van der Waals surface area contributed by atoms with Crippen molar-refractivity contribution in [2.75, 3.05) is 6.61 Å². The molecule has 0 bridgehead atoms. The van der Waals surface area contributed by atoms with Gasteiger partial charge in [0.05, 0.1) is 12.5 Å². The SMILES string of the molecule is O=C(NC1O[C@H](CO)[C@@H](O)[C@H]1O)C1C=NC=CC1. The Bertz CT molecular complexity index is 370. The number of carbonyl (C=O) groups excluding carboxylic acids is 1. The van der Waals surface area contributed by atoms with Crippen molar-refractivity contribution in [3.05, 3.63) is 12.3 Å². The van der Waals surface area contributed by atoms with Gasteiger partial charge in [-0.25, -0.2) is 0 Å². The first-order chi connectivity index (χ1) is 8.63. The van der Waals surface area contributed by atoms with Crippen LogP contribution in [0.1, 0.15) is 6.42 Å². The third kappa shape index (κ3) is 2.59. The van der Waals surface area contributed by atoms with E-state index in [1.54, 1.807) is 12.3 Å². The van der Waals surface area contributed by atoms with Crippen LogP contribution < -0.4 is 5.32 Å². The van der Waals surface area contributed by atoms with Gasteiger partial charge in [0.25, 0.3) is 0 Å². The molecule has 1 saturated heterocycles. The Morgan fingerprint density at radius 3 is 2.78 bits per heavy atom. The average molecular weight is 256 g/mol. The predicted octanol–water partition coefficient (Wildman–Crippen LogP) is -1.85. The first-order valence-corrected chi connectivity index (χ1v) is 5.74. The number of rotatable bonds is 3. The second kappa shape index (κ2) is 5.57. The van der Waals surface area contributed by atoms with Crippen LogP contribution in [0.15, 0.2) is 17.3 Å². The summed E-state index contributed by atoms with van der Waals surface area (Å²) in [5.41, 5.74) is 0. The van der Waals surface area contributed by atoms with E-state index in [0.29, 0.717) is 6.42 Å². The van der Waals surface area contributed by atoms with Crippen molar-refractivity contribution in [3.8, 4) is 0 Å². The highest BCUT2D eigenvalue weighted by molar-refractivity contribution is 5.94. The number of aliphatic hydroxyl groups excluding tert-OH is 3. The van der Waals surface area contributed by atoms with Crippen LogP contribution in [0.4, 0.5) is 0 Å². The highest BCUT2D eigenvalue weighted by Crippen LogP contribution is 2.20. The van der Waals surface area contributed by atoms with Crippen LogP contribution in [-0.2, 0) is 9.53 Å². The number of nitrogens with one attached hydrogen (secondary N) is 1. The summed E-state index contributed by atoms with van der Waals surface area (Å²) in [6, 6.07) is 0. The van der Waals surface area contributed by atoms with Crippen LogP contribution in [0.2, 0.25) is 0 Å². The second-order valence-corrected chi connectivity index (χ2v) is 4.29. The number of hydrogen-bond acceptors (Lipinski definition) is 6. The molecule has 100 valence electrons. The van der Waals surface area contributed by atoms with Crippen molar-refractivity contribution in [3.63, 3.8) is 0 Å². The highest BCUT2D eigenvalue weighted by atomic mass is 16.6. The molecular formula is C11H16N2O5. The van der Waals surface area contributed by atoms with Crippen LogP contribution in [0.3, 0.4) is 0 Å². The number of allylic oxidation sites excluding steroid dienone is 1. The number of hydrogen-bond donors (Lipinski definition) is 4. The Balaban J connectivity index is 1.91. The summed E-state index contributed by atoms with van der Waals surface area (Å²) < 4.78 is 5.15. The maximum Gasteiger partial charge on any atom is 0.230 e. The molecule has 0 aromatic carbocycles. The molecule has 1 fully saturated rings. The standard InChI is InChI=1S/C11H16N2O5/c14-5-7-8(15)9(16)11(18-7)13-10(17)6-2-1-3-12-4-6/h1,3-4,6-9,11,14-16H,2,5H2,(H,13,17)/t6?,7-,8-,9-,11?/m1/s1. The number of amides is 1. The Kier molecular flexibility index (Phi) is 4.07.